The highest BCUT2D eigenvalue weighted by Crippen LogP contribution is 2.19. The van der Waals surface area contributed by atoms with Crippen LogP contribution < -0.4 is 0 Å². The van der Waals surface area contributed by atoms with Gasteiger partial charge in [-0.3, -0.25) is 5.10 Å². The van der Waals surface area contributed by atoms with E-state index in [-0.39, 0.29) is 0 Å². The summed E-state index contributed by atoms with van der Waals surface area (Å²) >= 11 is 1.68. The maximum Gasteiger partial charge on any atom is 0.208 e. The largest absolute Gasteiger partial charge is 0.262 e. The van der Waals surface area contributed by atoms with Crippen molar-refractivity contribution in [1.29, 1.82) is 0 Å². The SMILES string of the molecule is CCCCCCc1nc(SCc2ccccc2)n[nH]1. The lowest BCUT2D eigenvalue weighted by molar-refractivity contribution is 0.653. The number of aromatic nitrogens is 3. The van der Waals surface area contributed by atoms with Crippen LogP contribution in [0.4, 0.5) is 0 Å². The van der Waals surface area contributed by atoms with Crippen LogP contribution in [0.2, 0.25) is 0 Å². The highest BCUT2D eigenvalue weighted by Gasteiger charge is 2.04. The van der Waals surface area contributed by atoms with Gasteiger partial charge < -0.3 is 0 Å². The first-order chi connectivity index (χ1) is 9.38. The molecule has 1 aromatic heterocycles. The van der Waals surface area contributed by atoms with Gasteiger partial charge in [0.25, 0.3) is 0 Å². The number of aryl methyl sites for hydroxylation is 1. The van der Waals surface area contributed by atoms with Crippen LogP contribution in [0.15, 0.2) is 35.5 Å². The van der Waals surface area contributed by atoms with Crippen LogP contribution in [0, 0.1) is 0 Å². The lowest BCUT2D eigenvalue weighted by atomic mass is 10.1. The van der Waals surface area contributed by atoms with Gasteiger partial charge in [-0.25, -0.2) is 4.98 Å². The predicted molar refractivity (Wildman–Crippen MR) is 80.2 cm³/mol. The van der Waals surface area contributed by atoms with E-state index in [2.05, 4.69) is 46.4 Å². The maximum atomic E-state index is 4.52. The van der Waals surface area contributed by atoms with E-state index < -0.39 is 0 Å². The van der Waals surface area contributed by atoms with E-state index in [0.717, 1.165) is 23.2 Å². The first-order valence-electron chi connectivity index (χ1n) is 6.96. The van der Waals surface area contributed by atoms with Gasteiger partial charge in [0.05, 0.1) is 0 Å². The third-order valence-corrected chi connectivity index (χ3v) is 3.91. The van der Waals surface area contributed by atoms with Gasteiger partial charge in [-0.2, -0.15) is 0 Å². The summed E-state index contributed by atoms with van der Waals surface area (Å²) in [6, 6.07) is 10.4. The van der Waals surface area contributed by atoms with Gasteiger partial charge >= 0.3 is 0 Å². The molecule has 102 valence electrons. The highest BCUT2D eigenvalue weighted by atomic mass is 32.2. The molecule has 0 radical (unpaired) electrons. The van der Waals surface area contributed by atoms with Gasteiger partial charge in [-0.1, -0.05) is 68.3 Å². The third-order valence-electron chi connectivity index (χ3n) is 2.99. The van der Waals surface area contributed by atoms with Gasteiger partial charge in [0, 0.05) is 12.2 Å². The number of hydrogen-bond acceptors (Lipinski definition) is 3. The molecule has 0 saturated carbocycles. The summed E-state index contributed by atoms with van der Waals surface area (Å²) in [4.78, 5) is 4.52. The Morgan fingerprint density at radius 1 is 1.11 bits per heavy atom. The van der Waals surface area contributed by atoms with Crippen LogP contribution in [0.3, 0.4) is 0 Å². The standard InChI is InChI=1S/C15H21N3S/c1-2-3-4-8-11-14-16-15(18-17-14)19-12-13-9-6-5-7-10-13/h5-7,9-10H,2-4,8,11-12H2,1H3,(H,16,17,18). The van der Waals surface area contributed by atoms with Crippen LogP contribution in [-0.4, -0.2) is 15.2 Å². The molecule has 0 aliphatic rings. The van der Waals surface area contributed by atoms with E-state index in [1.54, 1.807) is 11.8 Å². The molecule has 0 unspecified atom stereocenters. The molecule has 0 bridgehead atoms. The van der Waals surface area contributed by atoms with Crippen LogP contribution >= 0.6 is 11.8 Å². The average molecular weight is 275 g/mol. The molecule has 19 heavy (non-hydrogen) atoms. The average Bonchev–Trinajstić information content (AvgIpc) is 2.91. The van der Waals surface area contributed by atoms with E-state index in [0.29, 0.717) is 0 Å². The molecule has 1 N–H and O–H groups in total. The normalized spacial score (nSPS) is 10.8. The summed E-state index contributed by atoms with van der Waals surface area (Å²) < 4.78 is 0. The number of rotatable bonds is 8. The Morgan fingerprint density at radius 3 is 2.74 bits per heavy atom. The van der Waals surface area contributed by atoms with Gasteiger partial charge in [-0.05, 0) is 12.0 Å². The molecule has 0 fully saturated rings. The van der Waals surface area contributed by atoms with Gasteiger partial charge in [0.15, 0.2) is 0 Å². The summed E-state index contributed by atoms with van der Waals surface area (Å²) in [5, 5.41) is 8.15. The minimum absolute atomic E-state index is 0.856. The number of unbranched alkanes of at least 4 members (excludes halogenated alkanes) is 3. The Labute approximate surface area is 119 Å². The molecule has 2 rings (SSSR count). The molecule has 4 heteroatoms. The van der Waals surface area contributed by atoms with Crippen molar-refractivity contribution < 1.29 is 0 Å². The summed E-state index contributed by atoms with van der Waals surface area (Å²) in [5.74, 6) is 1.94. The smallest absolute Gasteiger partial charge is 0.208 e. The Morgan fingerprint density at radius 2 is 1.95 bits per heavy atom. The number of benzene rings is 1. The van der Waals surface area contributed by atoms with Crippen molar-refractivity contribution in [2.24, 2.45) is 0 Å². The number of nitrogens with zero attached hydrogens (tertiary/aromatic N) is 2. The number of thioether (sulfide) groups is 1. The van der Waals surface area contributed by atoms with Crippen LogP contribution in [0.25, 0.3) is 0 Å². The molecule has 0 saturated heterocycles. The highest BCUT2D eigenvalue weighted by molar-refractivity contribution is 7.98. The first kappa shape index (κ1) is 14.1. The van der Waals surface area contributed by atoms with Gasteiger partial charge in [0.2, 0.25) is 5.16 Å². The van der Waals surface area contributed by atoms with E-state index in [1.807, 2.05) is 6.07 Å². The fourth-order valence-corrected chi connectivity index (χ4v) is 2.67. The Kier molecular flexibility index (Phi) is 5.95. The molecule has 1 heterocycles. The Bertz CT molecular complexity index is 467. The zero-order valence-corrected chi connectivity index (χ0v) is 12.2. The maximum absolute atomic E-state index is 4.52. The molecule has 2 aromatic rings. The second-order valence-electron chi connectivity index (χ2n) is 4.65. The Hall–Kier alpha value is -1.29. The van der Waals surface area contributed by atoms with Crippen LogP contribution in [0.1, 0.15) is 44.0 Å². The molecule has 1 aromatic carbocycles. The monoisotopic (exact) mass is 275 g/mol. The summed E-state index contributed by atoms with van der Waals surface area (Å²) in [6.07, 6.45) is 6.08. The fourth-order valence-electron chi connectivity index (χ4n) is 1.90. The van der Waals surface area contributed by atoms with Crippen molar-refractivity contribution in [3.8, 4) is 0 Å². The second kappa shape index (κ2) is 8.00. The van der Waals surface area contributed by atoms with Crippen molar-refractivity contribution in [2.45, 2.75) is 49.9 Å². The molecule has 3 nitrogen and oxygen atoms in total. The van der Waals surface area contributed by atoms with E-state index in [9.17, 15) is 0 Å². The minimum atomic E-state index is 0.856. The zero-order chi connectivity index (χ0) is 13.3. The lowest BCUT2D eigenvalue weighted by Crippen LogP contribution is -1.88. The van der Waals surface area contributed by atoms with Gasteiger partial charge in [0.1, 0.15) is 5.82 Å². The minimum Gasteiger partial charge on any atom is -0.262 e. The van der Waals surface area contributed by atoms with Crippen LogP contribution in [0.5, 0.6) is 0 Å². The number of aromatic amines is 1. The molecular weight excluding hydrogens is 254 g/mol. The molecule has 0 amide bonds. The Balaban J connectivity index is 1.74. The predicted octanol–water partition coefficient (Wildman–Crippen LogP) is 4.22. The molecule has 0 aliphatic carbocycles. The molecule has 0 atom stereocenters. The van der Waals surface area contributed by atoms with Crippen molar-refractivity contribution in [2.75, 3.05) is 0 Å². The topological polar surface area (TPSA) is 41.6 Å². The number of nitrogens with one attached hydrogen (secondary N) is 1. The van der Waals surface area contributed by atoms with E-state index in [1.165, 1.54) is 31.2 Å². The number of H-pyrrole nitrogens is 1. The fraction of sp³-hybridized carbons (Fsp3) is 0.467. The van der Waals surface area contributed by atoms with Gasteiger partial charge in [-0.15, -0.1) is 5.10 Å². The van der Waals surface area contributed by atoms with Crippen molar-refractivity contribution in [3.63, 3.8) is 0 Å². The quantitative estimate of drug-likeness (QED) is 0.579. The summed E-state index contributed by atoms with van der Waals surface area (Å²) in [5.41, 5.74) is 1.31. The first-order valence-corrected chi connectivity index (χ1v) is 7.95. The zero-order valence-electron chi connectivity index (χ0n) is 11.4. The summed E-state index contributed by atoms with van der Waals surface area (Å²) in [6.45, 7) is 2.23. The summed E-state index contributed by atoms with van der Waals surface area (Å²) in [7, 11) is 0. The third kappa shape index (κ3) is 5.07. The second-order valence-corrected chi connectivity index (χ2v) is 5.59. The molecule has 0 spiro atoms. The van der Waals surface area contributed by atoms with E-state index in [4.69, 9.17) is 0 Å². The lowest BCUT2D eigenvalue weighted by Gasteiger charge is -1.97. The van der Waals surface area contributed by atoms with E-state index >= 15 is 0 Å². The number of hydrogen-bond donors (Lipinski definition) is 1. The molecular formula is C15H21N3S. The van der Waals surface area contributed by atoms with Crippen molar-refractivity contribution in [1.82, 2.24) is 15.2 Å². The van der Waals surface area contributed by atoms with Crippen LogP contribution in [-0.2, 0) is 12.2 Å². The van der Waals surface area contributed by atoms with Crippen molar-refractivity contribution in [3.05, 3.63) is 41.7 Å². The van der Waals surface area contributed by atoms with Crippen molar-refractivity contribution >= 4 is 11.8 Å². The molecule has 0 aliphatic heterocycles.